The van der Waals surface area contributed by atoms with Gasteiger partial charge in [0, 0.05) is 23.9 Å². The van der Waals surface area contributed by atoms with Gasteiger partial charge in [-0.05, 0) is 56.7 Å². The number of carbonyl (C=O) groups excluding carboxylic acids is 3. The summed E-state index contributed by atoms with van der Waals surface area (Å²) in [5.74, 6) is -0.174. The van der Waals surface area contributed by atoms with Crippen molar-refractivity contribution in [3.63, 3.8) is 0 Å². The number of thioether (sulfide) groups is 1. The van der Waals surface area contributed by atoms with Crippen molar-refractivity contribution in [3.8, 4) is 0 Å². The third-order valence-corrected chi connectivity index (χ3v) is 7.96. The maximum absolute atomic E-state index is 12.7. The van der Waals surface area contributed by atoms with E-state index in [1.165, 1.54) is 28.0 Å². The molecule has 4 rings (SSSR count). The zero-order chi connectivity index (χ0) is 23.4. The van der Waals surface area contributed by atoms with Crippen molar-refractivity contribution in [2.75, 3.05) is 18.5 Å². The van der Waals surface area contributed by atoms with E-state index >= 15 is 0 Å². The van der Waals surface area contributed by atoms with Gasteiger partial charge in [-0.2, -0.15) is 0 Å². The minimum absolute atomic E-state index is 0.183. The van der Waals surface area contributed by atoms with E-state index in [1.807, 2.05) is 0 Å². The predicted molar refractivity (Wildman–Crippen MR) is 133 cm³/mol. The van der Waals surface area contributed by atoms with Crippen molar-refractivity contribution in [2.24, 2.45) is 0 Å². The van der Waals surface area contributed by atoms with E-state index in [0.717, 1.165) is 36.1 Å². The normalized spacial score (nSPS) is 16.9. The molecular weight excluding hydrogens is 480 g/mol. The van der Waals surface area contributed by atoms with Gasteiger partial charge < -0.3 is 14.5 Å². The molecule has 2 aromatic heterocycles. The molecule has 0 bridgehead atoms. The Hall–Kier alpha value is -2.43. The number of aryl methyl sites for hydroxylation is 1. The number of ether oxygens (including phenoxy) is 1. The maximum atomic E-state index is 12.7. The number of anilines is 1. The molecule has 0 radical (unpaired) electrons. The minimum Gasteiger partial charge on any atom is -0.465 e. The highest BCUT2D eigenvalue weighted by Crippen LogP contribution is 2.39. The third-order valence-electron chi connectivity index (χ3n) is 5.38. The summed E-state index contributed by atoms with van der Waals surface area (Å²) < 4.78 is 11.0. The number of carbonyl (C=O) groups is 3. The number of fused-ring (bicyclic) bond motifs is 1. The number of thiophene rings is 1. The number of furan rings is 1. The average molecular weight is 505 g/mol. The van der Waals surface area contributed by atoms with Crippen molar-refractivity contribution < 1.29 is 23.5 Å². The first-order valence-electron chi connectivity index (χ1n) is 10.9. The molecule has 174 valence electrons. The molecule has 7 nitrogen and oxygen atoms in total. The average Bonchev–Trinajstić information content (AvgIpc) is 3.48. The van der Waals surface area contributed by atoms with Crippen LogP contribution in [0.4, 0.5) is 5.00 Å². The second kappa shape index (κ2) is 10.7. The molecule has 0 spiro atoms. The summed E-state index contributed by atoms with van der Waals surface area (Å²) >= 11 is 8.03. The summed E-state index contributed by atoms with van der Waals surface area (Å²) in [5.41, 5.74) is 1.52. The predicted octanol–water partition coefficient (Wildman–Crippen LogP) is 5.02. The van der Waals surface area contributed by atoms with E-state index in [-0.39, 0.29) is 30.8 Å². The van der Waals surface area contributed by atoms with E-state index in [1.54, 1.807) is 31.4 Å². The van der Waals surface area contributed by atoms with Gasteiger partial charge >= 0.3 is 5.97 Å². The van der Waals surface area contributed by atoms with Crippen LogP contribution in [0, 0.1) is 0 Å². The second-order valence-corrected chi connectivity index (χ2v) is 10.4. The van der Waals surface area contributed by atoms with Crippen LogP contribution < -0.4 is 5.32 Å². The van der Waals surface area contributed by atoms with Gasteiger partial charge in [-0.1, -0.05) is 24.0 Å². The molecule has 0 unspecified atom stereocenters. The lowest BCUT2D eigenvalue weighted by Gasteiger charge is -2.14. The molecular formula is C23H24N2O5S3. The first-order chi connectivity index (χ1) is 16.0. The molecule has 10 heteroatoms. The molecule has 33 heavy (non-hydrogen) atoms. The highest BCUT2D eigenvalue weighted by atomic mass is 32.2. The standard InChI is InChI=1S/C23H24N2O5S3/c1-2-29-22(28)19-15-8-3-4-9-16(15)32-20(19)24-18(26)10-5-11-25-21(27)17(33-23(25)31)13-14-7-6-12-30-14/h6-7,12-13H,2-5,8-11H2,1H3,(H,24,26)/b17-13-. The largest absolute Gasteiger partial charge is 0.465 e. The zero-order valence-electron chi connectivity index (χ0n) is 18.2. The highest BCUT2D eigenvalue weighted by Gasteiger charge is 2.32. The van der Waals surface area contributed by atoms with E-state index < -0.39 is 0 Å². The Morgan fingerprint density at radius 3 is 2.91 bits per heavy atom. The number of rotatable bonds is 8. The summed E-state index contributed by atoms with van der Waals surface area (Å²) in [6.07, 6.45) is 7.73. The number of esters is 1. The fraction of sp³-hybridized carbons (Fsp3) is 0.391. The lowest BCUT2D eigenvalue weighted by atomic mass is 9.95. The van der Waals surface area contributed by atoms with Crippen LogP contribution in [0.3, 0.4) is 0 Å². The number of hydrogen-bond acceptors (Lipinski definition) is 8. The molecule has 0 aromatic carbocycles. The number of hydrogen-bond donors (Lipinski definition) is 1. The monoisotopic (exact) mass is 504 g/mol. The number of nitrogens with one attached hydrogen (secondary N) is 1. The van der Waals surface area contributed by atoms with Crippen LogP contribution in [0.2, 0.25) is 0 Å². The Morgan fingerprint density at radius 1 is 1.33 bits per heavy atom. The van der Waals surface area contributed by atoms with Gasteiger partial charge in [0.25, 0.3) is 5.91 Å². The van der Waals surface area contributed by atoms with Crippen LogP contribution in [0.5, 0.6) is 0 Å². The lowest BCUT2D eigenvalue weighted by Crippen LogP contribution is -2.29. The first kappa shape index (κ1) is 23.7. The van der Waals surface area contributed by atoms with E-state index in [0.29, 0.717) is 38.5 Å². The van der Waals surface area contributed by atoms with Gasteiger partial charge in [0.05, 0.1) is 23.3 Å². The van der Waals surface area contributed by atoms with Crippen LogP contribution in [-0.4, -0.2) is 40.2 Å². The first-order valence-corrected chi connectivity index (χ1v) is 12.9. The summed E-state index contributed by atoms with van der Waals surface area (Å²) in [6, 6.07) is 3.52. The van der Waals surface area contributed by atoms with Gasteiger partial charge in [-0.3, -0.25) is 14.5 Å². The third kappa shape index (κ3) is 5.39. The molecule has 0 saturated carbocycles. The summed E-state index contributed by atoms with van der Waals surface area (Å²) in [7, 11) is 0. The zero-order valence-corrected chi connectivity index (χ0v) is 20.6. The number of nitrogens with zero attached hydrogens (tertiary/aromatic N) is 1. The quantitative estimate of drug-likeness (QED) is 0.307. The molecule has 0 atom stereocenters. The van der Waals surface area contributed by atoms with Crippen molar-refractivity contribution in [1.29, 1.82) is 0 Å². The SMILES string of the molecule is CCOC(=O)c1c(NC(=O)CCCN2C(=O)/C(=C/c3ccco3)SC2=S)sc2c1CCCC2. The Morgan fingerprint density at radius 2 is 2.15 bits per heavy atom. The molecule has 2 aromatic rings. The second-order valence-electron chi connectivity index (χ2n) is 7.64. The van der Waals surface area contributed by atoms with Gasteiger partial charge in [-0.15, -0.1) is 11.3 Å². The van der Waals surface area contributed by atoms with Gasteiger partial charge in [-0.25, -0.2) is 4.79 Å². The number of thiocarbonyl (C=S) groups is 1. The van der Waals surface area contributed by atoms with Crippen molar-refractivity contribution in [3.05, 3.63) is 45.1 Å². The smallest absolute Gasteiger partial charge is 0.341 e. The number of amides is 2. The molecule has 1 fully saturated rings. The minimum atomic E-state index is -0.381. The van der Waals surface area contributed by atoms with Crippen molar-refractivity contribution >= 4 is 68.5 Å². The maximum Gasteiger partial charge on any atom is 0.341 e. The van der Waals surface area contributed by atoms with Crippen LogP contribution >= 0.6 is 35.3 Å². The molecule has 2 aliphatic rings. The summed E-state index contributed by atoms with van der Waals surface area (Å²) in [6.45, 7) is 2.40. The Labute approximate surface area is 205 Å². The fourth-order valence-corrected chi connectivity index (χ4v) is 6.44. The summed E-state index contributed by atoms with van der Waals surface area (Å²) in [5, 5.41) is 3.47. The van der Waals surface area contributed by atoms with E-state index in [9.17, 15) is 14.4 Å². The van der Waals surface area contributed by atoms with Gasteiger partial charge in [0.15, 0.2) is 0 Å². The van der Waals surface area contributed by atoms with Crippen LogP contribution in [0.25, 0.3) is 6.08 Å². The fourth-order valence-electron chi connectivity index (χ4n) is 3.86. The van der Waals surface area contributed by atoms with Crippen LogP contribution in [-0.2, 0) is 27.2 Å². The van der Waals surface area contributed by atoms with Gasteiger partial charge in [0.2, 0.25) is 5.91 Å². The van der Waals surface area contributed by atoms with E-state index in [4.69, 9.17) is 21.4 Å². The molecule has 1 aliphatic carbocycles. The topological polar surface area (TPSA) is 88.9 Å². The van der Waals surface area contributed by atoms with Crippen LogP contribution in [0.1, 0.15) is 59.2 Å². The van der Waals surface area contributed by atoms with Crippen molar-refractivity contribution in [2.45, 2.75) is 45.4 Å². The van der Waals surface area contributed by atoms with E-state index in [2.05, 4.69) is 5.32 Å². The molecule has 3 heterocycles. The molecule has 2 amide bonds. The van der Waals surface area contributed by atoms with Crippen LogP contribution in [0.15, 0.2) is 27.7 Å². The van der Waals surface area contributed by atoms with Crippen molar-refractivity contribution in [1.82, 2.24) is 4.90 Å². The highest BCUT2D eigenvalue weighted by molar-refractivity contribution is 8.26. The lowest BCUT2D eigenvalue weighted by molar-refractivity contribution is -0.122. The molecule has 1 saturated heterocycles. The Balaban J connectivity index is 1.36. The summed E-state index contributed by atoms with van der Waals surface area (Å²) in [4.78, 5) is 41.0. The Kier molecular flexibility index (Phi) is 7.67. The molecule has 1 aliphatic heterocycles. The van der Waals surface area contributed by atoms with Gasteiger partial charge in [0.1, 0.15) is 15.1 Å². The Bertz CT molecular complexity index is 1100. The molecule has 1 N–H and O–H groups in total.